The Balaban J connectivity index is 2.54. The maximum absolute atomic E-state index is 11.9. The van der Waals surface area contributed by atoms with Gasteiger partial charge in [0.15, 0.2) is 6.61 Å². The van der Waals surface area contributed by atoms with Crippen LogP contribution in [0.5, 0.6) is 0 Å². The standard InChI is InChI=1S/C12H15F3N2O2/c1-17(2)7-9-4-3-5-10(6-9)16-11(18)19-8-12(13,14)15/h3-6H,7-8H2,1-2H3,(H,16,18). The lowest BCUT2D eigenvalue weighted by Crippen LogP contribution is -2.23. The van der Waals surface area contributed by atoms with Crippen molar-refractivity contribution in [3.63, 3.8) is 0 Å². The minimum Gasteiger partial charge on any atom is -0.440 e. The van der Waals surface area contributed by atoms with Crippen molar-refractivity contribution in [2.45, 2.75) is 12.7 Å². The van der Waals surface area contributed by atoms with Gasteiger partial charge in [0.05, 0.1) is 0 Å². The Morgan fingerprint density at radius 1 is 1.37 bits per heavy atom. The van der Waals surface area contributed by atoms with Crippen molar-refractivity contribution in [3.8, 4) is 0 Å². The molecular formula is C12H15F3N2O2. The fourth-order valence-electron chi connectivity index (χ4n) is 1.41. The summed E-state index contributed by atoms with van der Waals surface area (Å²) in [7, 11) is 3.77. The van der Waals surface area contributed by atoms with Crippen LogP contribution in [0.15, 0.2) is 24.3 Å². The Kier molecular flexibility index (Phi) is 5.17. The molecule has 0 heterocycles. The van der Waals surface area contributed by atoms with Gasteiger partial charge < -0.3 is 9.64 Å². The largest absolute Gasteiger partial charge is 0.440 e. The van der Waals surface area contributed by atoms with E-state index in [4.69, 9.17) is 0 Å². The molecule has 7 heteroatoms. The van der Waals surface area contributed by atoms with Crippen molar-refractivity contribution in [1.82, 2.24) is 4.90 Å². The van der Waals surface area contributed by atoms with Crippen molar-refractivity contribution >= 4 is 11.8 Å². The number of nitrogens with zero attached hydrogens (tertiary/aromatic N) is 1. The third-order valence-electron chi connectivity index (χ3n) is 2.04. The first kappa shape index (κ1) is 15.3. The Hall–Kier alpha value is -1.76. The molecule has 0 unspecified atom stereocenters. The third kappa shape index (κ3) is 6.66. The van der Waals surface area contributed by atoms with Crippen LogP contribution in [0.4, 0.5) is 23.7 Å². The Labute approximate surface area is 109 Å². The van der Waals surface area contributed by atoms with E-state index in [1.807, 2.05) is 25.1 Å². The van der Waals surface area contributed by atoms with Gasteiger partial charge in [-0.1, -0.05) is 12.1 Å². The monoisotopic (exact) mass is 276 g/mol. The van der Waals surface area contributed by atoms with Crippen molar-refractivity contribution in [1.29, 1.82) is 0 Å². The molecule has 0 atom stereocenters. The molecule has 4 nitrogen and oxygen atoms in total. The Bertz CT molecular complexity index is 433. The molecule has 1 aromatic carbocycles. The van der Waals surface area contributed by atoms with E-state index in [1.54, 1.807) is 18.2 Å². The highest BCUT2D eigenvalue weighted by Gasteiger charge is 2.29. The van der Waals surface area contributed by atoms with E-state index < -0.39 is 18.9 Å². The summed E-state index contributed by atoms with van der Waals surface area (Å²) in [6.07, 6.45) is -5.65. The first-order valence-corrected chi connectivity index (χ1v) is 5.50. The van der Waals surface area contributed by atoms with Crippen molar-refractivity contribution in [3.05, 3.63) is 29.8 Å². The molecule has 1 amide bonds. The molecule has 0 aliphatic heterocycles. The van der Waals surface area contributed by atoms with Crippen molar-refractivity contribution in [2.75, 3.05) is 26.0 Å². The number of anilines is 1. The average Bonchev–Trinajstić information content (AvgIpc) is 2.25. The minimum atomic E-state index is -4.52. The quantitative estimate of drug-likeness (QED) is 0.919. The van der Waals surface area contributed by atoms with Crippen LogP contribution in [0.3, 0.4) is 0 Å². The first-order chi connectivity index (χ1) is 8.76. The second kappa shape index (κ2) is 6.42. The van der Waals surface area contributed by atoms with Crippen LogP contribution in [0.1, 0.15) is 5.56 Å². The summed E-state index contributed by atoms with van der Waals surface area (Å²) in [6, 6.07) is 6.81. The van der Waals surface area contributed by atoms with Crippen LogP contribution in [-0.2, 0) is 11.3 Å². The topological polar surface area (TPSA) is 41.6 Å². The second-order valence-corrected chi connectivity index (χ2v) is 4.25. The number of rotatable bonds is 4. The fourth-order valence-corrected chi connectivity index (χ4v) is 1.41. The highest BCUT2D eigenvalue weighted by molar-refractivity contribution is 5.84. The number of hydrogen-bond acceptors (Lipinski definition) is 3. The molecule has 0 aliphatic carbocycles. The van der Waals surface area contributed by atoms with Gasteiger partial charge in [0.2, 0.25) is 0 Å². The summed E-state index contributed by atoms with van der Waals surface area (Å²) in [5.41, 5.74) is 1.32. The number of amides is 1. The molecule has 0 radical (unpaired) electrons. The molecule has 19 heavy (non-hydrogen) atoms. The summed E-state index contributed by atoms with van der Waals surface area (Å²) in [6.45, 7) is -0.941. The van der Waals surface area contributed by atoms with Gasteiger partial charge in [-0.25, -0.2) is 4.79 Å². The number of nitrogens with one attached hydrogen (secondary N) is 1. The second-order valence-electron chi connectivity index (χ2n) is 4.25. The lowest BCUT2D eigenvalue weighted by Gasteiger charge is -2.12. The normalized spacial score (nSPS) is 11.5. The third-order valence-corrected chi connectivity index (χ3v) is 2.04. The van der Waals surface area contributed by atoms with Crippen LogP contribution in [-0.4, -0.2) is 37.9 Å². The number of hydrogen-bond donors (Lipinski definition) is 1. The zero-order chi connectivity index (χ0) is 14.5. The highest BCUT2D eigenvalue weighted by atomic mass is 19.4. The van der Waals surface area contributed by atoms with E-state index >= 15 is 0 Å². The Morgan fingerprint density at radius 3 is 2.63 bits per heavy atom. The molecule has 0 spiro atoms. The van der Waals surface area contributed by atoms with Gasteiger partial charge in [-0.15, -0.1) is 0 Å². The molecule has 0 fully saturated rings. The lowest BCUT2D eigenvalue weighted by atomic mass is 10.2. The highest BCUT2D eigenvalue weighted by Crippen LogP contribution is 2.16. The zero-order valence-electron chi connectivity index (χ0n) is 10.6. The average molecular weight is 276 g/mol. The molecule has 0 aromatic heterocycles. The van der Waals surface area contributed by atoms with Gasteiger partial charge in [0.25, 0.3) is 0 Å². The van der Waals surface area contributed by atoms with Crippen LogP contribution >= 0.6 is 0 Å². The molecule has 106 valence electrons. The summed E-state index contributed by atoms with van der Waals surface area (Å²) in [5.74, 6) is 0. The van der Waals surface area contributed by atoms with Crippen LogP contribution < -0.4 is 5.32 Å². The lowest BCUT2D eigenvalue weighted by molar-refractivity contribution is -0.159. The van der Waals surface area contributed by atoms with E-state index in [9.17, 15) is 18.0 Å². The molecule has 0 bridgehead atoms. The van der Waals surface area contributed by atoms with E-state index in [1.165, 1.54) is 0 Å². The number of halogens is 3. The maximum Gasteiger partial charge on any atom is 0.422 e. The molecule has 0 saturated carbocycles. The summed E-state index contributed by atoms with van der Waals surface area (Å²) in [4.78, 5) is 13.1. The van der Waals surface area contributed by atoms with Crippen LogP contribution in [0.25, 0.3) is 0 Å². The van der Waals surface area contributed by atoms with Gasteiger partial charge in [-0.2, -0.15) is 13.2 Å². The number of carbonyl (C=O) groups is 1. The predicted molar refractivity (Wildman–Crippen MR) is 64.9 cm³/mol. The van der Waals surface area contributed by atoms with Gasteiger partial charge >= 0.3 is 12.3 Å². The van der Waals surface area contributed by atoms with Gasteiger partial charge in [0, 0.05) is 12.2 Å². The van der Waals surface area contributed by atoms with Gasteiger partial charge in [-0.05, 0) is 31.8 Å². The van der Waals surface area contributed by atoms with Gasteiger partial charge in [-0.3, -0.25) is 5.32 Å². The van der Waals surface area contributed by atoms with Crippen LogP contribution in [0.2, 0.25) is 0 Å². The predicted octanol–water partition coefficient (Wildman–Crippen LogP) is 2.86. The minimum absolute atomic E-state index is 0.395. The summed E-state index contributed by atoms with van der Waals surface area (Å²) >= 11 is 0. The van der Waals surface area contributed by atoms with E-state index in [-0.39, 0.29) is 0 Å². The molecule has 1 rings (SSSR count). The number of alkyl halides is 3. The SMILES string of the molecule is CN(C)Cc1cccc(NC(=O)OCC(F)(F)F)c1. The molecule has 0 aliphatic rings. The fraction of sp³-hybridized carbons (Fsp3) is 0.417. The summed E-state index contributed by atoms with van der Waals surface area (Å²) < 4.78 is 39.6. The van der Waals surface area contributed by atoms with Crippen molar-refractivity contribution in [2.24, 2.45) is 0 Å². The van der Waals surface area contributed by atoms with Crippen LogP contribution in [0, 0.1) is 0 Å². The van der Waals surface area contributed by atoms with E-state index in [0.717, 1.165) is 5.56 Å². The molecule has 1 N–H and O–H groups in total. The van der Waals surface area contributed by atoms with E-state index in [2.05, 4.69) is 10.1 Å². The molecular weight excluding hydrogens is 261 g/mol. The first-order valence-electron chi connectivity index (χ1n) is 5.50. The van der Waals surface area contributed by atoms with Crippen molar-refractivity contribution < 1.29 is 22.7 Å². The molecule has 1 aromatic rings. The molecule has 0 saturated heterocycles. The number of ether oxygens (including phenoxy) is 1. The zero-order valence-corrected chi connectivity index (χ0v) is 10.6. The summed E-state index contributed by atoms with van der Waals surface area (Å²) in [5, 5.41) is 2.25. The Morgan fingerprint density at radius 2 is 2.05 bits per heavy atom. The smallest absolute Gasteiger partial charge is 0.422 e. The number of benzene rings is 1. The maximum atomic E-state index is 11.9. The van der Waals surface area contributed by atoms with E-state index in [0.29, 0.717) is 12.2 Å². The number of carbonyl (C=O) groups excluding carboxylic acids is 1. The van der Waals surface area contributed by atoms with Gasteiger partial charge in [0.1, 0.15) is 0 Å².